The van der Waals surface area contributed by atoms with E-state index >= 15 is 0 Å². The highest BCUT2D eigenvalue weighted by atomic mass is 19.4. The third-order valence-corrected chi connectivity index (χ3v) is 5.91. The van der Waals surface area contributed by atoms with Gasteiger partial charge in [0, 0.05) is 16.8 Å². The van der Waals surface area contributed by atoms with Crippen LogP contribution in [-0.4, -0.2) is 4.98 Å². The van der Waals surface area contributed by atoms with Gasteiger partial charge < -0.3 is 5.73 Å². The van der Waals surface area contributed by atoms with E-state index in [1.165, 1.54) is 38.2 Å². The number of fused-ring (bicyclic) bond motifs is 2. The summed E-state index contributed by atoms with van der Waals surface area (Å²) in [6, 6.07) is 3.69. The number of halogens is 3. The molecular weight excluding hydrogens is 313 g/mol. The van der Waals surface area contributed by atoms with Gasteiger partial charge in [0.2, 0.25) is 0 Å². The molecule has 1 aromatic heterocycles. The fraction of sp³-hybridized carbons (Fsp3) is 0.526. The molecule has 0 aliphatic heterocycles. The second-order valence-electron chi connectivity index (χ2n) is 7.42. The Morgan fingerprint density at radius 2 is 1.79 bits per heavy atom. The molecule has 1 aromatic carbocycles. The van der Waals surface area contributed by atoms with Crippen molar-refractivity contribution in [1.82, 2.24) is 4.98 Å². The molecule has 2 aliphatic rings. The van der Waals surface area contributed by atoms with Crippen LogP contribution in [0.4, 0.5) is 18.9 Å². The summed E-state index contributed by atoms with van der Waals surface area (Å²) in [5.74, 6) is 0. The van der Waals surface area contributed by atoms with E-state index in [9.17, 15) is 13.2 Å². The minimum atomic E-state index is -4.36. The van der Waals surface area contributed by atoms with Crippen molar-refractivity contribution in [3.05, 3.63) is 35.0 Å². The van der Waals surface area contributed by atoms with Crippen molar-refractivity contribution in [3.63, 3.8) is 0 Å². The van der Waals surface area contributed by atoms with Gasteiger partial charge in [-0.25, -0.2) is 0 Å². The molecule has 5 heteroatoms. The van der Waals surface area contributed by atoms with E-state index < -0.39 is 11.7 Å². The smallest absolute Gasteiger partial charge is 0.398 e. The minimum absolute atomic E-state index is 0.292. The van der Waals surface area contributed by atoms with Gasteiger partial charge in [0.05, 0.1) is 11.1 Å². The number of hydrogen-bond acceptors (Lipinski definition) is 2. The lowest BCUT2D eigenvalue weighted by molar-refractivity contribution is -0.137. The molecule has 0 atom stereocenters. The third kappa shape index (κ3) is 2.54. The van der Waals surface area contributed by atoms with Gasteiger partial charge in [-0.2, -0.15) is 13.2 Å². The van der Waals surface area contributed by atoms with E-state index in [4.69, 9.17) is 5.73 Å². The maximum absolute atomic E-state index is 13.0. The molecule has 2 aliphatic carbocycles. The first-order chi connectivity index (χ1) is 11.4. The van der Waals surface area contributed by atoms with Crippen LogP contribution in [0.1, 0.15) is 55.3 Å². The number of aromatic nitrogens is 1. The topological polar surface area (TPSA) is 38.9 Å². The van der Waals surface area contributed by atoms with Crippen molar-refractivity contribution in [1.29, 1.82) is 0 Å². The normalized spacial score (nSPS) is 20.3. The van der Waals surface area contributed by atoms with Crippen molar-refractivity contribution >= 4 is 16.6 Å². The van der Waals surface area contributed by atoms with Crippen LogP contribution in [0.3, 0.4) is 0 Å². The number of nitrogens with zero attached hydrogens (tertiary/aromatic N) is 1. The number of nitrogen functional groups attached to an aromatic ring is 1. The summed E-state index contributed by atoms with van der Waals surface area (Å²) in [4.78, 5) is 4.62. The largest absolute Gasteiger partial charge is 0.416 e. The second kappa shape index (κ2) is 5.36. The van der Waals surface area contributed by atoms with Gasteiger partial charge in [-0.05, 0) is 55.2 Å². The van der Waals surface area contributed by atoms with E-state index in [0.29, 0.717) is 22.0 Å². The fourth-order valence-corrected chi connectivity index (χ4v) is 4.55. The van der Waals surface area contributed by atoms with Gasteiger partial charge in [0.1, 0.15) is 0 Å². The maximum atomic E-state index is 13.0. The van der Waals surface area contributed by atoms with Crippen molar-refractivity contribution in [2.24, 2.45) is 5.41 Å². The monoisotopic (exact) mass is 334 g/mol. The summed E-state index contributed by atoms with van der Waals surface area (Å²) < 4.78 is 38.9. The van der Waals surface area contributed by atoms with Crippen molar-refractivity contribution < 1.29 is 13.2 Å². The standard InChI is InChI=1S/C19H21F3N2/c20-19(21,22)12-4-5-13-15(10-12)24-16-11-18(7-2-1-3-8-18)9-6-14(16)17(13)23/h4-5,10H,1-3,6-9,11H2,(H2,23,24). The van der Waals surface area contributed by atoms with Crippen LogP contribution < -0.4 is 5.73 Å². The zero-order valence-electron chi connectivity index (χ0n) is 13.5. The summed E-state index contributed by atoms with van der Waals surface area (Å²) in [5.41, 5.74) is 8.89. The molecule has 0 unspecified atom stereocenters. The molecule has 2 aromatic rings. The van der Waals surface area contributed by atoms with Crippen molar-refractivity contribution in [2.75, 3.05) is 5.73 Å². The number of nitrogens with two attached hydrogens (primary N) is 1. The molecule has 1 fully saturated rings. The molecule has 0 saturated heterocycles. The van der Waals surface area contributed by atoms with E-state index in [1.807, 2.05) is 0 Å². The molecule has 1 heterocycles. The minimum Gasteiger partial charge on any atom is -0.398 e. The number of anilines is 1. The van der Waals surface area contributed by atoms with Crippen LogP contribution in [0.25, 0.3) is 10.9 Å². The van der Waals surface area contributed by atoms with Crippen molar-refractivity contribution in [2.45, 2.75) is 57.5 Å². The molecule has 1 saturated carbocycles. The SMILES string of the molecule is Nc1c2c(nc3cc(C(F)(F)F)ccc13)CC1(CCCCC1)CC2. The molecule has 1 spiro atoms. The highest BCUT2D eigenvalue weighted by molar-refractivity contribution is 5.92. The van der Waals surface area contributed by atoms with Gasteiger partial charge in [0.15, 0.2) is 0 Å². The average Bonchev–Trinajstić information content (AvgIpc) is 2.54. The quantitative estimate of drug-likeness (QED) is 0.712. The third-order valence-electron chi connectivity index (χ3n) is 5.91. The zero-order chi connectivity index (χ0) is 16.9. The molecule has 2 N–H and O–H groups in total. The molecule has 0 amide bonds. The summed E-state index contributed by atoms with van der Waals surface area (Å²) in [7, 11) is 0. The van der Waals surface area contributed by atoms with Gasteiger partial charge in [-0.3, -0.25) is 4.98 Å². The first-order valence-electron chi connectivity index (χ1n) is 8.66. The Morgan fingerprint density at radius 3 is 2.50 bits per heavy atom. The Balaban J connectivity index is 1.81. The van der Waals surface area contributed by atoms with Crippen LogP contribution in [0.15, 0.2) is 18.2 Å². The summed E-state index contributed by atoms with van der Waals surface area (Å²) in [5, 5.41) is 0.640. The van der Waals surface area contributed by atoms with E-state index in [-0.39, 0.29) is 0 Å². The number of pyridine rings is 1. The van der Waals surface area contributed by atoms with Crippen LogP contribution >= 0.6 is 0 Å². The Bertz CT molecular complexity index is 789. The first kappa shape index (κ1) is 15.7. The van der Waals surface area contributed by atoms with Crippen LogP contribution in [0, 0.1) is 5.41 Å². The van der Waals surface area contributed by atoms with Gasteiger partial charge in [-0.15, -0.1) is 0 Å². The Kier molecular flexibility index (Phi) is 3.52. The molecule has 4 rings (SSSR count). The highest BCUT2D eigenvalue weighted by Crippen LogP contribution is 2.47. The van der Waals surface area contributed by atoms with Crippen LogP contribution in [-0.2, 0) is 19.0 Å². The molecule has 128 valence electrons. The zero-order valence-corrected chi connectivity index (χ0v) is 13.5. The number of alkyl halides is 3. The molecular formula is C19H21F3N2. The van der Waals surface area contributed by atoms with Gasteiger partial charge >= 0.3 is 6.18 Å². The Labute approximate surface area is 139 Å². The lowest BCUT2D eigenvalue weighted by Gasteiger charge is -2.41. The van der Waals surface area contributed by atoms with Gasteiger partial charge in [-0.1, -0.05) is 25.3 Å². The number of rotatable bonds is 0. The maximum Gasteiger partial charge on any atom is 0.416 e. The molecule has 2 nitrogen and oxygen atoms in total. The Morgan fingerprint density at radius 1 is 1.04 bits per heavy atom. The average molecular weight is 334 g/mol. The van der Waals surface area contributed by atoms with Crippen molar-refractivity contribution in [3.8, 4) is 0 Å². The molecule has 0 radical (unpaired) electrons. The predicted molar refractivity (Wildman–Crippen MR) is 88.7 cm³/mol. The van der Waals surface area contributed by atoms with Gasteiger partial charge in [0.25, 0.3) is 0 Å². The number of hydrogen-bond donors (Lipinski definition) is 1. The fourth-order valence-electron chi connectivity index (χ4n) is 4.55. The predicted octanol–water partition coefficient (Wildman–Crippen LogP) is 5.28. The van der Waals surface area contributed by atoms with Crippen LogP contribution in [0.5, 0.6) is 0 Å². The Hall–Kier alpha value is -1.78. The molecule has 0 bridgehead atoms. The lowest BCUT2D eigenvalue weighted by Crippen LogP contribution is -2.32. The number of benzene rings is 1. The molecule has 24 heavy (non-hydrogen) atoms. The van der Waals surface area contributed by atoms with Crippen LogP contribution in [0.2, 0.25) is 0 Å². The lowest BCUT2D eigenvalue weighted by atomic mass is 9.65. The highest BCUT2D eigenvalue weighted by Gasteiger charge is 2.37. The first-order valence-corrected chi connectivity index (χ1v) is 8.66. The van der Waals surface area contributed by atoms with E-state index in [1.54, 1.807) is 0 Å². The second-order valence-corrected chi connectivity index (χ2v) is 7.42. The summed E-state index contributed by atoms with van der Waals surface area (Å²) in [6.07, 6.45) is 4.71. The summed E-state index contributed by atoms with van der Waals surface area (Å²) in [6.45, 7) is 0. The van der Waals surface area contributed by atoms with E-state index in [0.717, 1.165) is 42.7 Å². The summed E-state index contributed by atoms with van der Waals surface area (Å²) >= 11 is 0. The van der Waals surface area contributed by atoms with E-state index in [2.05, 4.69) is 4.98 Å².